The molecule has 2 aliphatic rings. The van der Waals surface area contributed by atoms with E-state index in [1.54, 1.807) is 0 Å². The summed E-state index contributed by atoms with van der Waals surface area (Å²) in [7, 11) is 0. The average molecular weight is 670 g/mol. The highest BCUT2D eigenvalue weighted by Gasteiger charge is 2.45. The summed E-state index contributed by atoms with van der Waals surface area (Å²) >= 11 is 0. The van der Waals surface area contributed by atoms with Crippen LogP contribution in [0, 0.1) is 0 Å². The summed E-state index contributed by atoms with van der Waals surface area (Å²) in [4.78, 5) is 16.1. The molecule has 10 aromatic rings. The highest BCUT2D eigenvalue weighted by Crippen LogP contribution is 2.52. The van der Waals surface area contributed by atoms with Gasteiger partial charge in [0.15, 0.2) is 17.5 Å². The maximum Gasteiger partial charge on any atom is 0.164 e. The summed E-state index contributed by atoms with van der Waals surface area (Å²) in [6, 6.07) is 44.1. The molecule has 0 amide bonds. The molecular formula is C46H27N3O3. The molecule has 52 heavy (non-hydrogen) atoms. The highest BCUT2D eigenvalue weighted by molar-refractivity contribution is 6.14. The number of rotatable bonds is 3. The number of hydrogen-bond acceptors (Lipinski definition) is 6. The van der Waals surface area contributed by atoms with Crippen LogP contribution in [0.5, 0.6) is 0 Å². The molecule has 2 bridgehead atoms. The van der Waals surface area contributed by atoms with Gasteiger partial charge in [0, 0.05) is 50.0 Å². The number of hydrogen-bond donors (Lipinski definition) is 0. The van der Waals surface area contributed by atoms with E-state index in [0.717, 1.165) is 107 Å². The van der Waals surface area contributed by atoms with Crippen LogP contribution in [0.15, 0.2) is 147 Å². The third-order valence-corrected chi connectivity index (χ3v) is 11.0. The number of furan rings is 3. The van der Waals surface area contributed by atoms with E-state index in [0.29, 0.717) is 17.5 Å². The molecule has 6 heteroatoms. The predicted octanol–water partition coefficient (Wildman–Crippen LogP) is 11.4. The van der Waals surface area contributed by atoms with Crippen molar-refractivity contribution in [3.05, 3.63) is 167 Å². The van der Waals surface area contributed by atoms with Crippen LogP contribution < -0.4 is 0 Å². The summed E-state index contributed by atoms with van der Waals surface area (Å²) in [5.74, 6) is 2.83. The summed E-state index contributed by atoms with van der Waals surface area (Å²) in [5.41, 5.74) is 9.17. The fourth-order valence-corrected chi connectivity index (χ4v) is 8.75. The number of aryl methyl sites for hydroxylation is 1. The third kappa shape index (κ3) is 3.65. The van der Waals surface area contributed by atoms with E-state index < -0.39 is 5.41 Å². The first kappa shape index (κ1) is 28.0. The largest absolute Gasteiger partial charge is 0.460 e. The van der Waals surface area contributed by atoms with E-state index in [1.165, 1.54) is 0 Å². The second kappa shape index (κ2) is 10.1. The fraction of sp³-hybridized carbons (Fsp3) is 0.0652. The molecule has 1 atom stereocenters. The first-order chi connectivity index (χ1) is 25.7. The highest BCUT2D eigenvalue weighted by atomic mass is 16.3. The van der Waals surface area contributed by atoms with Crippen LogP contribution in [-0.4, -0.2) is 15.0 Å². The number of benzene rings is 6. The quantitative estimate of drug-likeness (QED) is 0.186. The van der Waals surface area contributed by atoms with E-state index in [4.69, 9.17) is 28.2 Å². The van der Waals surface area contributed by atoms with Gasteiger partial charge >= 0.3 is 0 Å². The molecule has 0 saturated carbocycles. The van der Waals surface area contributed by atoms with Gasteiger partial charge in [-0.2, -0.15) is 0 Å². The molecule has 0 radical (unpaired) electrons. The second-order valence-corrected chi connectivity index (χ2v) is 13.8. The van der Waals surface area contributed by atoms with Crippen molar-refractivity contribution in [3.63, 3.8) is 0 Å². The molecule has 244 valence electrons. The molecule has 1 aliphatic carbocycles. The van der Waals surface area contributed by atoms with E-state index in [-0.39, 0.29) is 0 Å². The van der Waals surface area contributed by atoms with Gasteiger partial charge in [0.25, 0.3) is 0 Å². The summed E-state index contributed by atoms with van der Waals surface area (Å²) in [6.45, 7) is 0. The second-order valence-electron chi connectivity index (χ2n) is 13.8. The molecule has 4 aromatic heterocycles. The minimum absolute atomic E-state index is 0.582. The fourth-order valence-electron chi connectivity index (χ4n) is 8.75. The Hall–Kier alpha value is -6.79. The Morgan fingerprint density at radius 1 is 0.519 bits per heavy atom. The van der Waals surface area contributed by atoms with Gasteiger partial charge in [-0.3, -0.25) is 0 Å². The Bertz CT molecular complexity index is 3150. The van der Waals surface area contributed by atoms with Crippen molar-refractivity contribution in [1.82, 2.24) is 15.0 Å². The van der Waals surface area contributed by atoms with Gasteiger partial charge in [0.05, 0.1) is 0 Å². The van der Waals surface area contributed by atoms with E-state index in [1.807, 2.05) is 30.3 Å². The predicted molar refractivity (Wildman–Crippen MR) is 204 cm³/mol. The smallest absolute Gasteiger partial charge is 0.164 e. The number of aromatic nitrogens is 3. The maximum absolute atomic E-state index is 6.62. The van der Waals surface area contributed by atoms with E-state index >= 15 is 0 Å². The molecule has 0 spiro atoms. The molecule has 6 nitrogen and oxygen atoms in total. The molecular weight excluding hydrogens is 643 g/mol. The van der Waals surface area contributed by atoms with Gasteiger partial charge < -0.3 is 13.3 Å². The zero-order chi connectivity index (χ0) is 34.0. The molecule has 0 N–H and O–H groups in total. The number of nitrogens with zero attached hydrogens (tertiary/aromatic N) is 3. The van der Waals surface area contributed by atoms with Crippen LogP contribution in [0.3, 0.4) is 0 Å². The molecule has 5 heterocycles. The average Bonchev–Trinajstić information content (AvgIpc) is 3.89. The standard InChI is InChI=1S/C46H27N3O3/c1-2-10-27(11-3-1)46(28-21-23-37-33(25-28)30-13-5-7-17-36(30)50-37)34-15-9-19-39-42(34)41-32(14-8-18-38(41)52-39)44-47-43(48-45(46)49-44)26-20-22-31-29-12-4-6-16-35(29)51-40(31)24-26/h1-5,7-15,17-25H,6,16H2. The lowest BCUT2D eigenvalue weighted by Crippen LogP contribution is -2.34. The molecule has 1 unspecified atom stereocenters. The minimum Gasteiger partial charge on any atom is -0.460 e. The number of allylic oxidation sites excluding steroid dienone is 1. The Kier molecular flexibility index (Phi) is 5.46. The summed E-state index contributed by atoms with van der Waals surface area (Å²) in [5, 5.41) is 5.22. The van der Waals surface area contributed by atoms with Gasteiger partial charge in [-0.15, -0.1) is 0 Å². The van der Waals surface area contributed by atoms with E-state index in [2.05, 4.69) is 109 Å². The van der Waals surface area contributed by atoms with Crippen molar-refractivity contribution >= 4 is 60.9 Å². The molecule has 0 saturated heterocycles. The van der Waals surface area contributed by atoms with Crippen molar-refractivity contribution in [1.29, 1.82) is 0 Å². The normalized spacial score (nSPS) is 16.3. The van der Waals surface area contributed by atoms with Crippen LogP contribution in [-0.2, 0) is 11.8 Å². The molecule has 0 fully saturated rings. The number of para-hydroxylation sites is 1. The van der Waals surface area contributed by atoms with E-state index in [9.17, 15) is 0 Å². The topological polar surface area (TPSA) is 78.1 Å². The van der Waals surface area contributed by atoms with Crippen LogP contribution in [0.4, 0.5) is 0 Å². The SMILES string of the molecule is C1=Cc2c(oc3cc(-c4nc5nc(n4)C(c4ccccc4)(c4ccc6oc7ccccc7c6c4)c4cccc6oc7cccc-5c7c46)ccc23)CC1. The Balaban J connectivity index is 1.24. The van der Waals surface area contributed by atoms with Crippen molar-refractivity contribution in [3.8, 4) is 22.8 Å². The van der Waals surface area contributed by atoms with Gasteiger partial charge in [0.1, 0.15) is 39.1 Å². The van der Waals surface area contributed by atoms with Crippen LogP contribution in [0.2, 0.25) is 0 Å². The van der Waals surface area contributed by atoms with Gasteiger partial charge in [-0.05, 0) is 65.6 Å². The lowest BCUT2D eigenvalue weighted by molar-refractivity contribution is 0.546. The first-order valence-corrected chi connectivity index (χ1v) is 17.7. The van der Waals surface area contributed by atoms with Gasteiger partial charge in [0.2, 0.25) is 0 Å². The lowest BCUT2D eigenvalue weighted by Gasteiger charge is -2.36. The van der Waals surface area contributed by atoms with Crippen molar-refractivity contribution in [2.45, 2.75) is 18.3 Å². The van der Waals surface area contributed by atoms with Crippen LogP contribution >= 0.6 is 0 Å². The van der Waals surface area contributed by atoms with Crippen molar-refractivity contribution < 1.29 is 13.3 Å². The summed E-state index contributed by atoms with van der Waals surface area (Å²) in [6.07, 6.45) is 6.27. The lowest BCUT2D eigenvalue weighted by atomic mass is 9.67. The zero-order valence-electron chi connectivity index (χ0n) is 27.8. The van der Waals surface area contributed by atoms with Crippen molar-refractivity contribution in [2.75, 3.05) is 0 Å². The number of fused-ring (bicyclic) bond motifs is 9. The third-order valence-electron chi connectivity index (χ3n) is 11.0. The molecule has 6 aromatic carbocycles. The molecule has 12 rings (SSSR count). The molecule has 1 aliphatic heterocycles. The Morgan fingerprint density at radius 2 is 1.31 bits per heavy atom. The maximum atomic E-state index is 6.62. The van der Waals surface area contributed by atoms with Gasteiger partial charge in [-0.1, -0.05) is 97.1 Å². The Morgan fingerprint density at radius 3 is 2.25 bits per heavy atom. The first-order valence-electron chi connectivity index (χ1n) is 17.7. The summed E-state index contributed by atoms with van der Waals surface area (Å²) < 4.78 is 19.4. The monoisotopic (exact) mass is 669 g/mol. The van der Waals surface area contributed by atoms with Crippen LogP contribution in [0.25, 0.3) is 83.7 Å². The minimum atomic E-state index is -0.969. The van der Waals surface area contributed by atoms with Crippen LogP contribution in [0.1, 0.15) is 40.3 Å². The van der Waals surface area contributed by atoms with Gasteiger partial charge in [-0.25, -0.2) is 15.0 Å². The zero-order valence-corrected chi connectivity index (χ0v) is 27.8. The Labute approximate surface area is 296 Å². The van der Waals surface area contributed by atoms with Crippen molar-refractivity contribution in [2.24, 2.45) is 0 Å².